The average Bonchev–Trinajstić information content (AvgIpc) is 2.71. The lowest BCUT2D eigenvalue weighted by Crippen LogP contribution is -2.48. The monoisotopic (exact) mass is 229 g/mol. The first-order chi connectivity index (χ1) is 8.13. The van der Waals surface area contributed by atoms with Crippen LogP contribution in [-0.4, -0.2) is 21.8 Å². The van der Waals surface area contributed by atoms with Gasteiger partial charge in [-0.2, -0.15) is 0 Å². The van der Waals surface area contributed by atoms with Crippen LogP contribution in [0.15, 0.2) is 30.5 Å². The van der Waals surface area contributed by atoms with Gasteiger partial charge in [-0.05, 0) is 17.7 Å². The molecule has 86 valence electrons. The second-order valence-corrected chi connectivity index (χ2v) is 4.52. The third-order valence-corrected chi connectivity index (χ3v) is 3.52. The Morgan fingerprint density at radius 2 is 2.06 bits per heavy atom. The number of H-pyrrole nitrogens is 1. The van der Waals surface area contributed by atoms with Crippen LogP contribution in [0.4, 0.5) is 0 Å². The number of aromatic amines is 1. The Hall–Kier alpha value is -2.10. The average molecular weight is 229 g/mol. The molecule has 2 N–H and O–H groups in total. The van der Waals surface area contributed by atoms with E-state index in [1.165, 1.54) is 0 Å². The highest BCUT2D eigenvalue weighted by Gasteiger charge is 2.52. The van der Waals surface area contributed by atoms with Gasteiger partial charge in [-0.1, -0.05) is 12.1 Å². The smallest absolute Gasteiger partial charge is 0.315 e. The van der Waals surface area contributed by atoms with Crippen LogP contribution in [0, 0.1) is 0 Å². The summed E-state index contributed by atoms with van der Waals surface area (Å²) in [5.41, 5.74) is 0.629. The summed E-state index contributed by atoms with van der Waals surface area (Å²) >= 11 is 0. The zero-order valence-corrected chi connectivity index (χ0v) is 9.06. The van der Waals surface area contributed by atoms with Crippen LogP contribution in [0.1, 0.15) is 18.4 Å². The predicted octanol–water partition coefficient (Wildman–Crippen LogP) is 1.85. The van der Waals surface area contributed by atoms with E-state index in [4.69, 9.17) is 0 Å². The molecule has 0 radical (unpaired) electrons. The van der Waals surface area contributed by atoms with Crippen molar-refractivity contribution in [3.8, 4) is 0 Å². The molecule has 1 fully saturated rings. The number of nitrogens with one attached hydrogen (secondary N) is 1. The van der Waals surface area contributed by atoms with Gasteiger partial charge in [0.25, 0.3) is 0 Å². The first-order valence-corrected chi connectivity index (χ1v) is 5.45. The number of hydrogen-bond acceptors (Lipinski definition) is 2. The van der Waals surface area contributed by atoms with Crippen LogP contribution in [0.3, 0.4) is 0 Å². The quantitative estimate of drug-likeness (QED) is 0.825. The fourth-order valence-electron chi connectivity index (χ4n) is 2.58. The summed E-state index contributed by atoms with van der Waals surface area (Å²) in [6.07, 6.45) is 1.99. The normalized spacial score (nSPS) is 18.0. The van der Waals surface area contributed by atoms with E-state index in [1.54, 1.807) is 12.3 Å². The van der Waals surface area contributed by atoms with Crippen molar-refractivity contribution in [3.05, 3.63) is 36.0 Å². The van der Waals surface area contributed by atoms with E-state index < -0.39 is 11.4 Å². The van der Waals surface area contributed by atoms with E-state index in [9.17, 15) is 14.7 Å². The van der Waals surface area contributed by atoms with Crippen molar-refractivity contribution in [1.82, 2.24) is 4.98 Å². The van der Waals surface area contributed by atoms with Gasteiger partial charge >= 0.3 is 5.97 Å². The third kappa shape index (κ3) is 1.24. The molecule has 3 rings (SSSR count). The van der Waals surface area contributed by atoms with Crippen molar-refractivity contribution in [2.75, 3.05) is 0 Å². The first kappa shape index (κ1) is 10.1. The molecular formula is C13H11NO3. The Bertz CT molecular complexity index is 618. The molecule has 0 unspecified atom stereocenters. The Morgan fingerprint density at radius 3 is 2.71 bits per heavy atom. The highest BCUT2D eigenvalue weighted by atomic mass is 16.4. The molecule has 17 heavy (non-hydrogen) atoms. The van der Waals surface area contributed by atoms with Gasteiger partial charge in [0.15, 0.2) is 0 Å². The molecule has 1 aliphatic carbocycles. The maximum absolute atomic E-state index is 11.5. The fourth-order valence-corrected chi connectivity index (χ4v) is 2.58. The summed E-state index contributed by atoms with van der Waals surface area (Å²) in [5, 5.41) is 10.3. The summed E-state index contributed by atoms with van der Waals surface area (Å²) < 4.78 is 0. The molecule has 4 heteroatoms. The Labute approximate surface area is 97.3 Å². The minimum Gasteiger partial charge on any atom is -0.481 e. The molecule has 0 atom stereocenters. The van der Waals surface area contributed by atoms with Gasteiger partial charge < -0.3 is 10.1 Å². The number of benzene rings is 1. The number of fused-ring (bicyclic) bond motifs is 1. The lowest BCUT2D eigenvalue weighted by atomic mass is 9.63. The maximum Gasteiger partial charge on any atom is 0.315 e. The number of rotatable bonds is 2. The van der Waals surface area contributed by atoms with Crippen LogP contribution in [0.2, 0.25) is 0 Å². The summed E-state index contributed by atoms with van der Waals surface area (Å²) in [5.74, 6) is -0.897. The number of carboxylic acid groups (broad SMARTS) is 1. The van der Waals surface area contributed by atoms with Gasteiger partial charge in [-0.15, -0.1) is 0 Å². The molecule has 1 aliphatic rings. The lowest BCUT2D eigenvalue weighted by Gasteiger charge is -2.37. The molecular weight excluding hydrogens is 218 g/mol. The molecule has 0 saturated heterocycles. The van der Waals surface area contributed by atoms with Gasteiger partial charge in [0.05, 0.1) is 0 Å². The third-order valence-electron chi connectivity index (χ3n) is 3.52. The number of carbonyl (C=O) groups is 2. The molecule has 1 saturated carbocycles. The highest BCUT2D eigenvalue weighted by Crippen LogP contribution is 2.44. The predicted molar refractivity (Wildman–Crippen MR) is 61.9 cm³/mol. The van der Waals surface area contributed by atoms with Crippen molar-refractivity contribution in [2.24, 2.45) is 0 Å². The molecule has 4 nitrogen and oxygen atoms in total. The SMILES string of the molecule is O=C1CC(C(=O)O)(c2cccc3[nH]ccc23)C1. The molecule has 0 aliphatic heterocycles. The second kappa shape index (κ2) is 3.20. The number of ketones is 1. The zero-order valence-electron chi connectivity index (χ0n) is 9.06. The summed E-state index contributed by atoms with van der Waals surface area (Å²) in [7, 11) is 0. The maximum atomic E-state index is 11.5. The van der Waals surface area contributed by atoms with Gasteiger partial charge in [0.2, 0.25) is 0 Å². The standard InChI is InChI=1S/C13H11NO3/c15-8-6-13(7-8,12(16)17)10-2-1-3-11-9(10)4-5-14-11/h1-5,14H,6-7H2,(H,16,17). The first-order valence-electron chi connectivity index (χ1n) is 5.45. The topological polar surface area (TPSA) is 70.2 Å². The van der Waals surface area contributed by atoms with E-state index in [0.717, 1.165) is 16.5 Å². The molecule has 0 spiro atoms. The highest BCUT2D eigenvalue weighted by molar-refractivity contribution is 6.04. The molecule has 1 heterocycles. The zero-order chi connectivity index (χ0) is 12.0. The largest absolute Gasteiger partial charge is 0.481 e. The van der Waals surface area contributed by atoms with E-state index >= 15 is 0 Å². The van der Waals surface area contributed by atoms with Crippen molar-refractivity contribution >= 4 is 22.7 Å². The van der Waals surface area contributed by atoms with Crippen molar-refractivity contribution in [3.63, 3.8) is 0 Å². The van der Waals surface area contributed by atoms with Crippen molar-refractivity contribution in [1.29, 1.82) is 0 Å². The Morgan fingerprint density at radius 1 is 1.29 bits per heavy atom. The molecule has 0 amide bonds. The van der Waals surface area contributed by atoms with Gasteiger partial charge in [-0.25, -0.2) is 0 Å². The van der Waals surface area contributed by atoms with Gasteiger partial charge in [0, 0.05) is 29.9 Å². The van der Waals surface area contributed by atoms with E-state index in [0.29, 0.717) is 0 Å². The van der Waals surface area contributed by atoms with Crippen LogP contribution < -0.4 is 0 Å². The molecule has 1 aromatic carbocycles. The Balaban J connectivity index is 2.23. The van der Waals surface area contributed by atoms with Crippen LogP contribution in [0.25, 0.3) is 10.9 Å². The van der Waals surface area contributed by atoms with Crippen molar-refractivity contribution < 1.29 is 14.7 Å². The fraction of sp³-hybridized carbons (Fsp3) is 0.231. The number of carboxylic acids is 1. The van der Waals surface area contributed by atoms with Crippen LogP contribution in [0.5, 0.6) is 0 Å². The number of aliphatic carboxylic acids is 1. The van der Waals surface area contributed by atoms with E-state index in [1.807, 2.05) is 18.2 Å². The summed E-state index contributed by atoms with van der Waals surface area (Å²) in [4.78, 5) is 25.7. The Kier molecular flexibility index (Phi) is 1.90. The number of aromatic nitrogens is 1. The van der Waals surface area contributed by atoms with Crippen LogP contribution >= 0.6 is 0 Å². The van der Waals surface area contributed by atoms with E-state index in [2.05, 4.69) is 4.98 Å². The molecule has 1 aromatic heterocycles. The minimum atomic E-state index is -1.02. The number of carbonyl (C=O) groups excluding carboxylic acids is 1. The second-order valence-electron chi connectivity index (χ2n) is 4.52. The number of hydrogen-bond donors (Lipinski definition) is 2. The molecule has 0 bridgehead atoms. The molecule has 2 aromatic rings. The van der Waals surface area contributed by atoms with Gasteiger partial charge in [-0.3, -0.25) is 9.59 Å². The van der Waals surface area contributed by atoms with Crippen molar-refractivity contribution in [2.45, 2.75) is 18.3 Å². The van der Waals surface area contributed by atoms with Gasteiger partial charge in [0.1, 0.15) is 11.2 Å². The lowest BCUT2D eigenvalue weighted by molar-refractivity contribution is -0.153. The minimum absolute atomic E-state index is 0.0138. The summed E-state index contributed by atoms with van der Waals surface area (Å²) in [6, 6.07) is 7.38. The number of Topliss-reactive ketones (excluding diaryl/α,β-unsaturated/α-hetero) is 1. The van der Waals surface area contributed by atoms with Crippen LogP contribution in [-0.2, 0) is 15.0 Å². The van der Waals surface area contributed by atoms with E-state index in [-0.39, 0.29) is 18.6 Å². The summed E-state index contributed by atoms with van der Waals surface area (Å²) in [6.45, 7) is 0.